The Balaban J connectivity index is 1.84. The zero-order valence-corrected chi connectivity index (χ0v) is 13.7. The number of aryl methyl sites for hydroxylation is 1. The van der Waals surface area contributed by atoms with E-state index in [-0.39, 0.29) is 0 Å². The van der Waals surface area contributed by atoms with Gasteiger partial charge in [-0.05, 0) is 50.6 Å². The summed E-state index contributed by atoms with van der Waals surface area (Å²) in [5, 5.41) is 5.83. The summed E-state index contributed by atoms with van der Waals surface area (Å²) in [6.07, 6.45) is 2.20. The van der Waals surface area contributed by atoms with Crippen LogP contribution in [0.5, 0.6) is 0 Å². The van der Waals surface area contributed by atoms with Gasteiger partial charge in [0.15, 0.2) is 0 Å². The summed E-state index contributed by atoms with van der Waals surface area (Å²) in [5.41, 5.74) is 1.44. The normalized spacial score (nSPS) is 18.2. The van der Waals surface area contributed by atoms with Crippen LogP contribution in [-0.4, -0.2) is 42.4 Å². The van der Waals surface area contributed by atoms with Gasteiger partial charge in [0.25, 0.3) is 0 Å². The lowest BCUT2D eigenvalue weighted by Gasteiger charge is -2.22. The lowest BCUT2D eigenvalue weighted by molar-refractivity contribution is -0.136. The number of carbonyl (C=O) groups is 2. The van der Waals surface area contributed by atoms with Gasteiger partial charge in [-0.1, -0.05) is 24.6 Å². The first kappa shape index (κ1) is 16.8. The maximum absolute atomic E-state index is 11.9. The molecule has 22 heavy (non-hydrogen) atoms. The van der Waals surface area contributed by atoms with Crippen molar-refractivity contribution >= 4 is 29.1 Å². The monoisotopic (exact) mass is 323 g/mol. The van der Waals surface area contributed by atoms with Crippen molar-refractivity contribution in [1.29, 1.82) is 0 Å². The smallest absolute Gasteiger partial charge is 0.313 e. The van der Waals surface area contributed by atoms with Crippen LogP contribution in [0.15, 0.2) is 18.2 Å². The van der Waals surface area contributed by atoms with Crippen molar-refractivity contribution < 1.29 is 9.59 Å². The third-order valence-corrected chi connectivity index (χ3v) is 4.45. The predicted molar refractivity (Wildman–Crippen MR) is 88.1 cm³/mol. The van der Waals surface area contributed by atoms with Crippen LogP contribution in [0.1, 0.15) is 25.3 Å². The van der Waals surface area contributed by atoms with E-state index in [4.69, 9.17) is 11.6 Å². The molecule has 0 bridgehead atoms. The molecule has 6 heteroatoms. The Labute approximate surface area is 136 Å². The molecule has 0 radical (unpaired) electrons. The average molecular weight is 324 g/mol. The molecule has 0 aliphatic carbocycles. The molecule has 2 rings (SSSR count). The van der Waals surface area contributed by atoms with Crippen molar-refractivity contribution in [3.05, 3.63) is 28.8 Å². The van der Waals surface area contributed by atoms with Gasteiger partial charge < -0.3 is 10.6 Å². The second kappa shape index (κ2) is 7.61. The van der Waals surface area contributed by atoms with Gasteiger partial charge in [0.1, 0.15) is 0 Å². The first-order valence-corrected chi connectivity index (χ1v) is 7.98. The summed E-state index contributed by atoms with van der Waals surface area (Å²) in [6, 6.07) is 5.49. The SMILES string of the molecule is CCN1CCC[C@@H]1CNC(=O)C(=O)Nc1ccc(C)c(Cl)c1. The number of amides is 2. The van der Waals surface area contributed by atoms with Gasteiger partial charge in [-0.2, -0.15) is 0 Å². The van der Waals surface area contributed by atoms with Crippen LogP contribution in [0.3, 0.4) is 0 Å². The summed E-state index contributed by atoms with van der Waals surface area (Å²) in [4.78, 5) is 26.1. The molecular formula is C16H22ClN3O2. The van der Waals surface area contributed by atoms with Crippen molar-refractivity contribution in [3.8, 4) is 0 Å². The van der Waals surface area contributed by atoms with E-state index in [1.54, 1.807) is 18.2 Å². The van der Waals surface area contributed by atoms with E-state index in [2.05, 4.69) is 22.5 Å². The number of anilines is 1. The second-order valence-corrected chi connectivity index (χ2v) is 5.96. The predicted octanol–water partition coefficient (Wildman–Crippen LogP) is 2.19. The molecule has 5 nitrogen and oxygen atoms in total. The minimum atomic E-state index is -0.666. The first-order valence-electron chi connectivity index (χ1n) is 7.60. The fourth-order valence-electron chi connectivity index (χ4n) is 2.69. The standard InChI is InChI=1S/C16H22ClN3O2/c1-3-20-8-4-5-13(20)10-18-15(21)16(22)19-12-7-6-11(2)14(17)9-12/h6-7,9,13H,3-5,8,10H2,1-2H3,(H,18,21)(H,19,22)/t13-/m1/s1. The molecule has 2 amide bonds. The Morgan fingerprint density at radius 2 is 2.14 bits per heavy atom. The highest BCUT2D eigenvalue weighted by Gasteiger charge is 2.24. The highest BCUT2D eigenvalue weighted by molar-refractivity contribution is 6.39. The lowest BCUT2D eigenvalue weighted by atomic mass is 10.2. The van der Waals surface area contributed by atoms with E-state index in [9.17, 15) is 9.59 Å². The quantitative estimate of drug-likeness (QED) is 0.835. The van der Waals surface area contributed by atoms with Gasteiger partial charge >= 0.3 is 11.8 Å². The zero-order valence-electron chi connectivity index (χ0n) is 13.0. The first-order chi connectivity index (χ1) is 10.5. The third-order valence-electron chi connectivity index (χ3n) is 4.04. The second-order valence-electron chi connectivity index (χ2n) is 5.55. The highest BCUT2D eigenvalue weighted by Crippen LogP contribution is 2.20. The summed E-state index contributed by atoms with van der Waals surface area (Å²) >= 11 is 6.00. The van der Waals surface area contributed by atoms with Gasteiger partial charge in [-0.15, -0.1) is 0 Å². The van der Waals surface area contributed by atoms with Crippen LogP contribution in [0.2, 0.25) is 5.02 Å². The molecule has 0 aromatic heterocycles. The van der Waals surface area contributed by atoms with E-state index in [1.165, 1.54) is 0 Å². The molecule has 1 aromatic rings. The number of hydrogen-bond donors (Lipinski definition) is 2. The van der Waals surface area contributed by atoms with Gasteiger partial charge in [0.05, 0.1) is 0 Å². The van der Waals surface area contributed by atoms with Crippen molar-refractivity contribution in [1.82, 2.24) is 10.2 Å². The van der Waals surface area contributed by atoms with E-state index in [0.717, 1.165) is 31.5 Å². The van der Waals surface area contributed by atoms with Crippen LogP contribution in [0, 0.1) is 6.92 Å². The molecule has 1 fully saturated rings. The molecular weight excluding hydrogens is 302 g/mol. The topological polar surface area (TPSA) is 61.4 Å². The highest BCUT2D eigenvalue weighted by atomic mass is 35.5. The molecule has 0 spiro atoms. The number of carbonyl (C=O) groups excluding carboxylic acids is 2. The van der Waals surface area contributed by atoms with Gasteiger partial charge in [0.2, 0.25) is 0 Å². The largest absolute Gasteiger partial charge is 0.346 e. The van der Waals surface area contributed by atoms with Crippen LogP contribution in [-0.2, 0) is 9.59 Å². The van der Waals surface area contributed by atoms with Crippen molar-refractivity contribution in [2.75, 3.05) is 25.0 Å². The number of hydrogen-bond acceptors (Lipinski definition) is 3. The van der Waals surface area contributed by atoms with Gasteiger partial charge in [-0.25, -0.2) is 0 Å². The average Bonchev–Trinajstić information content (AvgIpc) is 2.96. The number of likely N-dealkylation sites (N-methyl/N-ethyl adjacent to an activating group) is 1. The van der Waals surface area contributed by atoms with E-state index < -0.39 is 11.8 Å². The van der Waals surface area contributed by atoms with Crippen LogP contribution >= 0.6 is 11.6 Å². The molecule has 1 aliphatic rings. The van der Waals surface area contributed by atoms with Crippen molar-refractivity contribution in [3.63, 3.8) is 0 Å². The Bertz CT molecular complexity index is 562. The fourth-order valence-corrected chi connectivity index (χ4v) is 2.87. The zero-order chi connectivity index (χ0) is 16.1. The Hall–Kier alpha value is -1.59. The van der Waals surface area contributed by atoms with E-state index >= 15 is 0 Å². The third kappa shape index (κ3) is 4.21. The minimum Gasteiger partial charge on any atom is -0.346 e. The van der Waals surface area contributed by atoms with Crippen LogP contribution < -0.4 is 10.6 Å². The van der Waals surface area contributed by atoms with Crippen LogP contribution in [0.25, 0.3) is 0 Å². The summed E-state index contributed by atoms with van der Waals surface area (Å²) in [6.45, 7) is 6.52. The Morgan fingerprint density at radius 1 is 1.36 bits per heavy atom. The summed E-state index contributed by atoms with van der Waals surface area (Å²) in [7, 11) is 0. The summed E-state index contributed by atoms with van der Waals surface area (Å²) < 4.78 is 0. The molecule has 1 atom stereocenters. The molecule has 1 aromatic carbocycles. The Morgan fingerprint density at radius 3 is 2.82 bits per heavy atom. The molecule has 1 aliphatic heterocycles. The van der Waals surface area contributed by atoms with E-state index in [1.807, 2.05) is 6.92 Å². The molecule has 0 saturated carbocycles. The van der Waals surface area contributed by atoms with Crippen molar-refractivity contribution in [2.24, 2.45) is 0 Å². The van der Waals surface area contributed by atoms with Crippen molar-refractivity contribution in [2.45, 2.75) is 32.7 Å². The molecule has 1 heterocycles. The number of nitrogens with zero attached hydrogens (tertiary/aromatic N) is 1. The number of rotatable bonds is 4. The molecule has 2 N–H and O–H groups in total. The summed E-state index contributed by atoms with van der Waals surface area (Å²) in [5.74, 6) is -1.28. The van der Waals surface area contributed by atoms with E-state index in [0.29, 0.717) is 23.3 Å². The minimum absolute atomic E-state index is 0.329. The molecule has 0 unspecified atom stereocenters. The lowest BCUT2D eigenvalue weighted by Crippen LogP contribution is -2.43. The maximum Gasteiger partial charge on any atom is 0.313 e. The van der Waals surface area contributed by atoms with Gasteiger partial charge in [-0.3, -0.25) is 14.5 Å². The fraction of sp³-hybridized carbons (Fsp3) is 0.500. The number of halogens is 1. The maximum atomic E-state index is 11.9. The Kier molecular flexibility index (Phi) is 5.80. The van der Waals surface area contributed by atoms with Crippen LogP contribution in [0.4, 0.5) is 5.69 Å². The van der Waals surface area contributed by atoms with Gasteiger partial charge in [0, 0.05) is 23.3 Å². The number of nitrogens with one attached hydrogen (secondary N) is 2. The molecule has 120 valence electrons. The molecule has 1 saturated heterocycles. The number of benzene rings is 1. The number of likely N-dealkylation sites (tertiary alicyclic amines) is 1.